The Morgan fingerprint density at radius 3 is 2.57 bits per heavy atom. The van der Waals surface area contributed by atoms with Gasteiger partial charge < -0.3 is 0 Å². The van der Waals surface area contributed by atoms with Crippen molar-refractivity contribution in [1.82, 2.24) is 14.6 Å². The molecule has 6 heteroatoms. The molecule has 4 nitrogen and oxygen atoms in total. The van der Waals surface area contributed by atoms with Gasteiger partial charge in [0.05, 0.1) is 10.8 Å². The van der Waals surface area contributed by atoms with Gasteiger partial charge in [-0.25, -0.2) is 13.7 Å². The smallest absolute Gasteiger partial charge is 0.173 e. The quantitative estimate of drug-likeness (QED) is 0.696. The van der Waals surface area contributed by atoms with Crippen molar-refractivity contribution in [3.05, 3.63) is 47.8 Å². The molecule has 0 aliphatic rings. The number of benzene rings is 1. The topological polar surface area (TPSA) is 47.3 Å². The molecule has 1 aromatic carbocycles. The van der Waals surface area contributed by atoms with Crippen LogP contribution in [0.1, 0.15) is 11.4 Å². The van der Waals surface area contributed by atoms with Gasteiger partial charge in [0.25, 0.3) is 0 Å². The Morgan fingerprint density at radius 2 is 1.90 bits per heavy atom. The average Bonchev–Trinajstić information content (AvgIpc) is 2.86. The minimum atomic E-state index is -1.28. The van der Waals surface area contributed by atoms with Crippen LogP contribution in [-0.4, -0.2) is 25.1 Å². The number of hydrogen-bond acceptors (Lipinski definition) is 4. The minimum Gasteiger partial charge on any atom is -0.249 e. The maximum absolute atomic E-state index is 12.9. The third-order valence-electron chi connectivity index (χ3n) is 3.16. The van der Waals surface area contributed by atoms with E-state index in [0.29, 0.717) is 10.5 Å². The van der Waals surface area contributed by atoms with E-state index in [1.54, 1.807) is 4.52 Å². The molecule has 21 heavy (non-hydrogen) atoms. The second-order valence-corrected chi connectivity index (χ2v) is 6.91. The van der Waals surface area contributed by atoms with Crippen LogP contribution in [0.5, 0.6) is 0 Å². The summed E-state index contributed by atoms with van der Waals surface area (Å²) in [6, 6.07) is 11.4. The molecule has 0 saturated heterocycles. The van der Waals surface area contributed by atoms with Crippen LogP contribution >= 0.6 is 11.8 Å². The highest BCUT2D eigenvalue weighted by Crippen LogP contribution is 2.30. The lowest BCUT2D eigenvalue weighted by molar-refractivity contribution is 0.682. The zero-order valence-corrected chi connectivity index (χ0v) is 13.7. The van der Waals surface area contributed by atoms with Crippen molar-refractivity contribution in [3.63, 3.8) is 0 Å². The maximum atomic E-state index is 12.9. The lowest BCUT2D eigenvalue weighted by Crippen LogP contribution is -1.99. The molecular formula is C15H15N3OS2. The molecule has 1 atom stereocenters. The van der Waals surface area contributed by atoms with Crippen molar-refractivity contribution < 1.29 is 4.21 Å². The van der Waals surface area contributed by atoms with E-state index < -0.39 is 10.8 Å². The summed E-state index contributed by atoms with van der Waals surface area (Å²) in [5.41, 5.74) is 2.57. The number of hydrogen-bond donors (Lipinski definition) is 0. The summed E-state index contributed by atoms with van der Waals surface area (Å²) in [4.78, 5) is 6.01. The molecule has 0 bridgehead atoms. The van der Waals surface area contributed by atoms with Gasteiger partial charge in [-0.05, 0) is 38.3 Å². The van der Waals surface area contributed by atoms with E-state index in [1.807, 2.05) is 56.5 Å². The Hall–Kier alpha value is -1.66. The van der Waals surface area contributed by atoms with E-state index in [2.05, 4.69) is 10.1 Å². The minimum absolute atomic E-state index is 0.680. The summed E-state index contributed by atoms with van der Waals surface area (Å²) in [6.07, 6.45) is 1.94. The van der Waals surface area contributed by atoms with Crippen molar-refractivity contribution >= 4 is 28.2 Å². The number of aryl methyl sites for hydroxylation is 2. The van der Waals surface area contributed by atoms with Crippen molar-refractivity contribution in [2.75, 3.05) is 6.26 Å². The van der Waals surface area contributed by atoms with Gasteiger partial charge in [0.15, 0.2) is 5.65 Å². The molecule has 108 valence electrons. The Balaban J connectivity index is 2.28. The summed E-state index contributed by atoms with van der Waals surface area (Å²) >= 11 is 1.49. The third-order valence-corrected chi connectivity index (χ3v) is 5.41. The van der Waals surface area contributed by atoms with Gasteiger partial charge >= 0.3 is 0 Å². The molecule has 0 unspecified atom stereocenters. The first-order valence-corrected chi connectivity index (χ1v) is 8.87. The average molecular weight is 317 g/mol. The fraction of sp³-hybridized carbons (Fsp3) is 0.200. The van der Waals surface area contributed by atoms with E-state index in [4.69, 9.17) is 0 Å². The SMILES string of the molecule is CSc1nn2c(C)cc(C)nc2c1[S@@](=O)c1ccccc1. The Labute approximate surface area is 130 Å². The molecule has 0 aliphatic heterocycles. The van der Waals surface area contributed by atoms with E-state index in [1.165, 1.54) is 11.8 Å². The van der Waals surface area contributed by atoms with Crippen molar-refractivity contribution in [1.29, 1.82) is 0 Å². The second-order valence-electron chi connectivity index (χ2n) is 4.69. The number of fused-ring (bicyclic) bond motifs is 1. The normalized spacial score (nSPS) is 12.7. The summed E-state index contributed by atoms with van der Waals surface area (Å²) in [5, 5.41) is 5.30. The van der Waals surface area contributed by atoms with Gasteiger partial charge in [-0.15, -0.1) is 11.8 Å². The zero-order valence-electron chi connectivity index (χ0n) is 12.0. The predicted molar refractivity (Wildman–Crippen MR) is 85.4 cm³/mol. The highest BCUT2D eigenvalue weighted by Gasteiger charge is 2.21. The fourth-order valence-corrected chi connectivity index (χ4v) is 4.29. The lowest BCUT2D eigenvalue weighted by Gasteiger charge is -2.03. The second kappa shape index (κ2) is 5.61. The van der Waals surface area contributed by atoms with Crippen LogP contribution in [0.4, 0.5) is 0 Å². The van der Waals surface area contributed by atoms with E-state index in [0.717, 1.165) is 21.3 Å². The number of thioether (sulfide) groups is 1. The maximum Gasteiger partial charge on any atom is 0.173 e. The predicted octanol–water partition coefficient (Wildman–Crippen LogP) is 3.23. The molecule has 2 aromatic heterocycles. The van der Waals surface area contributed by atoms with Crippen LogP contribution < -0.4 is 0 Å². The summed E-state index contributed by atoms with van der Waals surface area (Å²) in [7, 11) is -1.28. The van der Waals surface area contributed by atoms with E-state index >= 15 is 0 Å². The molecule has 0 spiro atoms. The Kier molecular flexibility index (Phi) is 3.82. The molecule has 0 radical (unpaired) electrons. The Morgan fingerprint density at radius 1 is 1.19 bits per heavy atom. The van der Waals surface area contributed by atoms with Gasteiger partial charge in [0, 0.05) is 16.3 Å². The van der Waals surface area contributed by atoms with Crippen molar-refractivity contribution in [2.45, 2.75) is 28.7 Å². The fourth-order valence-electron chi connectivity index (χ4n) is 2.24. The molecule has 0 fully saturated rings. The third kappa shape index (κ3) is 2.49. The number of aromatic nitrogens is 3. The monoisotopic (exact) mass is 317 g/mol. The van der Waals surface area contributed by atoms with Crippen LogP contribution in [0.25, 0.3) is 5.65 Å². The van der Waals surface area contributed by atoms with E-state index in [-0.39, 0.29) is 0 Å². The molecule has 3 rings (SSSR count). The van der Waals surface area contributed by atoms with Crippen LogP contribution in [0.2, 0.25) is 0 Å². The molecule has 0 amide bonds. The standard InChI is InChI=1S/C15H15N3OS2/c1-10-9-11(2)18-14(16-10)13(15(17-18)20-3)21(19)12-7-5-4-6-8-12/h4-9H,1-3H3/t21-/m0/s1. The van der Waals surface area contributed by atoms with Crippen LogP contribution in [0, 0.1) is 13.8 Å². The highest BCUT2D eigenvalue weighted by atomic mass is 32.2. The number of rotatable bonds is 3. The van der Waals surface area contributed by atoms with Crippen LogP contribution in [0.15, 0.2) is 51.2 Å². The van der Waals surface area contributed by atoms with Gasteiger partial charge in [0.2, 0.25) is 0 Å². The first-order valence-electron chi connectivity index (χ1n) is 6.49. The molecule has 3 aromatic rings. The first-order chi connectivity index (χ1) is 10.1. The molecule has 0 N–H and O–H groups in total. The van der Waals surface area contributed by atoms with Crippen LogP contribution in [0.3, 0.4) is 0 Å². The summed E-state index contributed by atoms with van der Waals surface area (Å²) in [6.45, 7) is 3.92. The van der Waals surface area contributed by atoms with Gasteiger partial charge in [-0.1, -0.05) is 18.2 Å². The van der Waals surface area contributed by atoms with E-state index in [9.17, 15) is 4.21 Å². The summed E-state index contributed by atoms with van der Waals surface area (Å²) in [5.74, 6) is 0. The van der Waals surface area contributed by atoms with Crippen molar-refractivity contribution in [2.24, 2.45) is 0 Å². The molecule has 2 heterocycles. The Bertz CT molecular complexity index is 828. The highest BCUT2D eigenvalue weighted by molar-refractivity contribution is 7.99. The zero-order chi connectivity index (χ0) is 15.0. The molecule has 0 saturated carbocycles. The van der Waals surface area contributed by atoms with Crippen LogP contribution in [-0.2, 0) is 10.8 Å². The van der Waals surface area contributed by atoms with Gasteiger partial charge in [-0.2, -0.15) is 5.10 Å². The largest absolute Gasteiger partial charge is 0.249 e. The number of nitrogens with zero attached hydrogens (tertiary/aromatic N) is 3. The molecule has 0 aliphatic carbocycles. The molecular weight excluding hydrogens is 302 g/mol. The lowest BCUT2D eigenvalue weighted by atomic mass is 10.3. The van der Waals surface area contributed by atoms with Gasteiger partial charge in [0.1, 0.15) is 9.92 Å². The van der Waals surface area contributed by atoms with Gasteiger partial charge in [-0.3, -0.25) is 0 Å². The first kappa shape index (κ1) is 14.3. The van der Waals surface area contributed by atoms with Crippen molar-refractivity contribution in [3.8, 4) is 0 Å². The summed E-state index contributed by atoms with van der Waals surface area (Å²) < 4.78 is 14.7.